The topological polar surface area (TPSA) is 131 Å². The molecule has 2 aromatic rings. The molecule has 1 aliphatic heterocycles. The SMILES string of the molecule is CCCC/C(=N\N=C(/N)SC1CC(=O)N(c2cccc([N+](=O)[O-])c2)C1=O)c1ccccc1. The number of nitro groups is 1. The number of hydrogen-bond donors (Lipinski definition) is 1. The number of non-ortho nitro benzene ring substituents is 1. The molecule has 0 aromatic heterocycles. The molecule has 1 heterocycles. The van der Waals surface area contributed by atoms with Crippen molar-refractivity contribution in [2.45, 2.75) is 37.9 Å². The standard InChI is InChI=1S/C22H23N5O4S/c1-2-3-12-18(15-8-5-4-6-9-15)24-25-22(23)32-19-14-20(28)26(21(19)29)16-10-7-11-17(13-16)27(30)31/h4-11,13,19H,2-3,12,14H2,1H3,(H2,23,25)/b24-18+. The van der Waals surface area contributed by atoms with Gasteiger partial charge in [0.25, 0.3) is 5.69 Å². The lowest BCUT2D eigenvalue weighted by Crippen LogP contribution is -2.31. The predicted molar refractivity (Wildman–Crippen MR) is 126 cm³/mol. The number of anilines is 1. The fraction of sp³-hybridized carbons (Fsp3) is 0.273. The molecule has 2 aromatic carbocycles. The van der Waals surface area contributed by atoms with E-state index in [1.807, 2.05) is 30.3 Å². The van der Waals surface area contributed by atoms with Crippen LogP contribution in [0.25, 0.3) is 0 Å². The van der Waals surface area contributed by atoms with E-state index in [1.165, 1.54) is 24.3 Å². The van der Waals surface area contributed by atoms with Crippen LogP contribution in [0, 0.1) is 10.1 Å². The van der Waals surface area contributed by atoms with Gasteiger partial charge in [-0.15, -0.1) is 5.10 Å². The van der Waals surface area contributed by atoms with Gasteiger partial charge in [-0.05, 0) is 24.5 Å². The van der Waals surface area contributed by atoms with Gasteiger partial charge >= 0.3 is 0 Å². The van der Waals surface area contributed by atoms with Gasteiger partial charge in [0, 0.05) is 18.6 Å². The quantitative estimate of drug-likeness (QED) is 0.212. The monoisotopic (exact) mass is 453 g/mol. The van der Waals surface area contributed by atoms with Crippen LogP contribution in [0.2, 0.25) is 0 Å². The third kappa shape index (κ3) is 5.58. The first kappa shape index (κ1) is 23.1. The van der Waals surface area contributed by atoms with Crippen molar-refractivity contribution in [3.8, 4) is 0 Å². The molecule has 1 unspecified atom stereocenters. The second kappa shape index (κ2) is 10.7. The molecule has 32 heavy (non-hydrogen) atoms. The van der Waals surface area contributed by atoms with Crippen LogP contribution in [0.3, 0.4) is 0 Å². The summed E-state index contributed by atoms with van der Waals surface area (Å²) < 4.78 is 0. The predicted octanol–water partition coefficient (Wildman–Crippen LogP) is 3.87. The van der Waals surface area contributed by atoms with Gasteiger partial charge in [-0.2, -0.15) is 5.10 Å². The lowest BCUT2D eigenvalue weighted by Gasteiger charge is -2.14. The third-order valence-corrected chi connectivity index (χ3v) is 5.79. The van der Waals surface area contributed by atoms with Crippen molar-refractivity contribution in [1.29, 1.82) is 0 Å². The molecule has 0 aliphatic carbocycles. The summed E-state index contributed by atoms with van der Waals surface area (Å²) in [5, 5.41) is 18.7. The molecule has 9 nitrogen and oxygen atoms in total. The van der Waals surface area contributed by atoms with Gasteiger partial charge in [-0.1, -0.05) is 61.5 Å². The zero-order valence-corrected chi connectivity index (χ0v) is 18.3. The number of hydrogen-bond acceptors (Lipinski definition) is 7. The Morgan fingerprint density at radius 1 is 1.19 bits per heavy atom. The van der Waals surface area contributed by atoms with E-state index in [0.717, 1.165) is 47.2 Å². The summed E-state index contributed by atoms with van der Waals surface area (Å²) in [5.74, 6) is -0.936. The van der Waals surface area contributed by atoms with Crippen LogP contribution in [0.5, 0.6) is 0 Å². The number of nitrogens with two attached hydrogens (primary N) is 1. The largest absolute Gasteiger partial charge is 0.377 e. The first-order chi connectivity index (χ1) is 15.4. The highest BCUT2D eigenvalue weighted by Gasteiger charge is 2.41. The Hall–Kier alpha value is -3.53. The van der Waals surface area contributed by atoms with Gasteiger partial charge in [0.1, 0.15) is 5.25 Å². The van der Waals surface area contributed by atoms with Crippen molar-refractivity contribution in [3.05, 3.63) is 70.3 Å². The van der Waals surface area contributed by atoms with E-state index in [4.69, 9.17) is 5.73 Å². The number of nitrogens with zero attached hydrogens (tertiary/aromatic N) is 4. The first-order valence-corrected chi connectivity index (χ1v) is 11.0. The minimum absolute atomic E-state index is 0.0713. The Kier molecular flexibility index (Phi) is 7.72. The number of amidine groups is 1. The fourth-order valence-corrected chi connectivity index (χ4v) is 4.03. The minimum atomic E-state index is -0.767. The molecular formula is C22H23N5O4S. The van der Waals surface area contributed by atoms with Crippen LogP contribution < -0.4 is 10.6 Å². The van der Waals surface area contributed by atoms with E-state index in [-0.39, 0.29) is 23.0 Å². The number of rotatable bonds is 8. The van der Waals surface area contributed by atoms with E-state index in [9.17, 15) is 19.7 Å². The molecule has 0 saturated carbocycles. The van der Waals surface area contributed by atoms with Crippen molar-refractivity contribution >= 4 is 45.8 Å². The molecule has 2 amide bonds. The number of carbonyl (C=O) groups excluding carboxylic acids is 2. The van der Waals surface area contributed by atoms with Crippen molar-refractivity contribution in [2.24, 2.45) is 15.9 Å². The van der Waals surface area contributed by atoms with Gasteiger partial charge in [-0.3, -0.25) is 19.7 Å². The average Bonchev–Trinajstić information content (AvgIpc) is 3.07. The van der Waals surface area contributed by atoms with E-state index < -0.39 is 22.0 Å². The molecule has 1 aliphatic rings. The smallest absolute Gasteiger partial charge is 0.271 e. The molecule has 1 saturated heterocycles. The van der Waals surface area contributed by atoms with E-state index in [1.54, 1.807) is 0 Å². The number of imide groups is 1. The molecule has 10 heteroatoms. The van der Waals surface area contributed by atoms with E-state index in [0.29, 0.717) is 0 Å². The highest BCUT2D eigenvalue weighted by molar-refractivity contribution is 8.14. The van der Waals surface area contributed by atoms with Gasteiger partial charge in [0.15, 0.2) is 5.17 Å². The molecule has 0 spiro atoms. The molecule has 1 fully saturated rings. The van der Waals surface area contributed by atoms with Crippen LogP contribution in [0.1, 0.15) is 38.2 Å². The summed E-state index contributed by atoms with van der Waals surface area (Å²) in [6.07, 6.45) is 2.62. The van der Waals surface area contributed by atoms with Crippen LogP contribution in [0.4, 0.5) is 11.4 Å². The average molecular weight is 454 g/mol. The van der Waals surface area contributed by atoms with Gasteiger partial charge in [0.2, 0.25) is 11.8 Å². The number of carbonyl (C=O) groups is 2. The normalized spacial score (nSPS) is 17.2. The maximum absolute atomic E-state index is 12.8. The Balaban J connectivity index is 1.75. The van der Waals surface area contributed by atoms with Crippen LogP contribution in [0.15, 0.2) is 64.8 Å². The molecular weight excluding hydrogens is 430 g/mol. The van der Waals surface area contributed by atoms with E-state index in [2.05, 4.69) is 17.1 Å². The number of thioether (sulfide) groups is 1. The fourth-order valence-electron chi connectivity index (χ4n) is 3.22. The minimum Gasteiger partial charge on any atom is -0.377 e. The second-order valence-corrected chi connectivity index (χ2v) is 8.33. The summed E-state index contributed by atoms with van der Waals surface area (Å²) in [7, 11) is 0. The molecule has 0 radical (unpaired) electrons. The summed E-state index contributed by atoms with van der Waals surface area (Å²) >= 11 is 0.964. The van der Waals surface area contributed by atoms with Gasteiger partial charge < -0.3 is 5.73 Å². The zero-order chi connectivity index (χ0) is 23.1. The number of nitro benzene ring substituents is 1. The highest BCUT2D eigenvalue weighted by atomic mass is 32.2. The maximum atomic E-state index is 12.8. The Morgan fingerprint density at radius 3 is 2.62 bits per heavy atom. The summed E-state index contributed by atoms with van der Waals surface area (Å²) in [5.41, 5.74) is 7.71. The van der Waals surface area contributed by atoms with Crippen molar-refractivity contribution < 1.29 is 14.5 Å². The van der Waals surface area contributed by atoms with E-state index >= 15 is 0 Å². The van der Waals surface area contributed by atoms with Crippen LogP contribution in [-0.4, -0.2) is 32.9 Å². The third-order valence-electron chi connectivity index (χ3n) is 4.81. The summed E-state index contributed by atoms with van der Waals surface area (Å²) in [6.45, 7) is 2.09. The molecule has 166 valence electrons. The Bertz CT molecular complexity index is 1070. The number of unbranched alkanes of at least 4 members (excludes halogenated alkanes) is 1. The molecule has 3 rings (SSSR count). The van der Waals surface area contributed by atoms with Crippen molar-refractivity contribution in [3.63, 3.8) is 0 Å². The summed E-state index contributed by atoms with van der Waals surface area (Å²) in [4.78, 5) is 36.6. The van der Waals surface area contributed by atoms with Crippen LogP contribution in [-0.2, 0) is 9.59 Å². The zero-order valence-electron chi connectivity index (χ0n) is 17.5. The number of benzene rings is 2. The first-order valence-electron chi connectivity index (χ1n) is 10.1. The Labute approximate surface area is 189 Å². The number of amides is 2. The van der Waals surface area contributed by atoms with Crippen molar-refractivity contribution in [2.75, 3.05) is 4.90 Å². The molecule has 1 atom stereocenters. The summed E-state index contributed by atoms with van der Waals surface area (Å²) in [6, 6.07) is 15.1. The second-order valence-electron chi connectivity index (χ2n) is 7.11. The maximum Gasteiger partial charge on any atom is 0.271 e. The van der Waals surface area contributed by atoms with Crippen LogP contribution >= 0.6 is 11.8 Å². The molecule has 2 N–H and O–H groups in total. The van der Waals surface area contributed by atoms with Gasteiger partial charge in [0.05, 0.1) is 16.3 Å². The molecule has 0 bridgehead atoms. The highest BCUT2D eigenvalue weighted by Crippen LogP contribution is 2.31. The lowest BCUT2D eigenvalue weighted by atomic mass is 10.1. The van der Waals surface area contributed by atoms with Gasteiger partial charge in [-0.25, -0.2) is 4.90 Å². The Morgan fingerprint density at radius 2 is 1.94 bits per heavy atom. The van der Waals surface area contributed by atoms with Crippen molar-refractivity contribution in [1.82, 2.24) is 0 Å². The lowest BCUT2D eigenvalue weighted by molar-refractivity contribution is -0.384.